The number of benzene rings is 1. The summed E-state index contributed by atoms with van der Waals surface area (Å²) in [5, 5.41) is 10.1. The molecular formula is C13H13NO4S2. The van der Waals surface area contributed by atoms with E-state index in [2.05, 4.69) is 4.72 Å². The van der Waals surface area contributed by atoms with Crippen LogP contribution < -0.4 is 4.72 Å². The van der Waals surface area contributed by atoms with Crippen LogP contribution in [0.2, 0.25) is 0 Å². The van der Waals surface area contributed by atoms with E-state index in [0.29, 0.717) is 5.69 Å². The number of carboxylic acid groups (broad SMARTS) is 1. The minimum Gasteiger partial charge on any atom is -0.477 e. The number of hydrogen-bond acceptors (Lipinski definition) is 4. The lowest BCUT2D eigenvalue weighted by atomic mass is 10.1. The van der Waals surface area contributed by atoms with Gasteiger partial charge in [0.15, 0.2) is 0 Å². The number of anilines is 1. The van der Waals surface area contributed by atoms with Gasteiger partial charge in [0.1, 0.15) is 4.88 Å². The molecule has 2 rings (SSSR count). The highest BCUT2D eigenvalue weighted by Gasteiger charge is 2.19. The molecule has 2 aromatic rings. The molecule has 1 aromatic carbocycles. The fourth-order valence-electron chi connectivity index (χ4n) is 1.62. The van der Waals surface area contributed by atoms with Crippen LogP contribution in [0.5, 0.6) is 0 Å². The third-order valence-corrected chi connectivity index (χ3v) is 5.15. The molecule has 0 aliphatic rings. The van der Waals surface area contributed by atoms with Crippen LogP contribution in [0.1, 0.15) is 20.8 Å². The molecule has 0 saturated carbocycles. The number of hydrogen-bond donors (Lipinski definition) is 2. The van der Waals surface area contributed by atoms with Crippen LogP contribution in [-0.4, -0.2) is 19.5 Å². The first-order chi connectivity index (χ1) is 9.29. The summed E-state index contributed by atoms with van der Waals surface area (Å²) < 4.78 is 26.9. The zero-order valence-electron chi connectivity index (χ0n) is 10.9. The van der Waals surface area contributed by atoms with E-state index < -0.39 is 16.0 Å². The lowest BCUT2D eigenvalue weighted by Gasteiger charge is -2.10. The molecule has 0 fully saturated rings. The molecule has 0 saturated heterocycles. The molecule has 5 nitrogen and oxygen atoms in total. The number of carbonyl (C=O) groups is 1. The monoisotopic (exact) mass is 311 g/mol. The Hall–Kier alpha value is -1.86. The van der Waals surface area contributed by atoms with Crippen LogP contribution in [-0.2, 0) is 10.0 Å². The number of thiophene rings is 1. The Balaban J connectivity index is 2.35. The maximum Gasteiger partial charge on any atom is 0.345 e. The highest BCUT2D eigenvalue weighted by atomic mass is 32.2. The summed E-state index contributed by atoms with van der Waals surface area (Å²) in [4.78, 5) is 10.7. The van der Waals surface area contributed by atoms with Gasteiger partial charge in [0.25, 0.3) is 10.0 Å². The van der Waals surface area contributed by atoms with Gasteiger partial charge in [0.05, 0.1) is 10.6 Å². The molecule has 20 heavy (non-hydrogen) atoms. The topological polar surface area (TPSA) is 83.5 Å². The molecule has 7 heteroatoms. The molecule has 0 aliphatic carbocycles. The van der Waals surface area contributed by atoms with Crippen molar-refractivity contribution < 1.29 is 18.3 Å². The maximum absolute atomic E-state index is 12.2. The highest BCUT2D eigenvalue weighted by Crippen LogP contribution is 2.24. The van der Waals surface area contributed by atoms with E-state index in [9.17, 15) is 13.2 Å². The van der Waals surface area contributed by atoms with Crippen LogP contribution in [0.3, 0.4) is 0 Å². The van der Waals surface area contributed by atoms with E-state index in [1.807, 2.05) is 19.1 Å². The second-order valence-corrected chi connectivity index (χ2v) is 6.97. The Morgan fingerprint density at radius 3 is 2.55 bits per heavy atom. The molecule has 0 atom stereocenters. The maximum atomic E-state index is 12.2. The van der Waals surface area contributed by atoms with Crippen molar-refractivity contribution in [3.8, 4) is 0 Å². The Bertz CT molecular complexity index is 762. The van der Waals surface area contributed by atoms with Crippen LogP contribution in [0, 0.1) is 13.8 Å². The van der Waals surface area contributed by atoms with Crippen LogP contribution in [0.4, 0.5) is 5.69 Å². The lowest BCUT2D eigenvalue weighted by molar-refractivity contribution is 0.0702. The van der Waals surface area contributed by atoms with Gasteiger partial charge in [-0.1, -0.05) is 12.1 Å². The number of aryl methyl sites for hydroxylation is 2. The zero-order chi connectivity index (χ0) is 14.9. The largest absolute Gasteiger partial charge is 0.477 e. The van der Waals surface area contributed by atoms with Crippen LogP contribution in [0.25, 0.3) is 0 Å². The smallest absolute Gasteiger partial charge is 0.345 e. The van der Waals surface area contributed by atoms with Crippen molar-refractivity contribution >= 4 is 33.0 Å². The molecule has 0 amide bonds. The average Bonchev–Trinajstić information content (AvgIpc) is 2.84. The quantitative estimate of drug-likeness (QED) is 0.909. The summed E-state index contributed by atoms with van der Waals surface area (Å²) in [6.45, 7) is 3.66. The number of rotatable bonds is 4. The molecule has 106 valence electrons. The van der Waals surface area contributed by atoms with Crippen molar-refractivity contribution in [3.05, 3.63) is 45.6 Å². The summed E-state index contributed by atoms with van der Waals surface area (Å²) in [6.07, 6.45) is 0. The normalized spacial score (nSPS) is 11.3. The standard InChI is InChI=1S/C13H13NO4S2/c1-8-3-4-9(2)11(5-8)14-20(17,18)10-6-12(13(15)16)19-7-10/h3-7,14H,1-2H3,(H,15,16). The molecule has 1 aromatic heterocycles. The predicted molar refractivity (Wildman–Crippen MR) is 78.0 cm³/mol. The second kappa shape index (κ2) is 5.26. The van der Waals surface area contributed by atoms with E-state index in [-0.39, 0.29) is 9.77 Å². The van der Waals surface area contributed by atoms with Gasteiger partial charge in [0, 0.05) is 5.38 Å². The summed E-state index contributed by atoms with van der Waals surface area (Å²) >= 11 is 0.884. The molecule has 1 heterocycles. The van der Waals surface area contributed by atoms with Crippen molar-refractivity contribution in [3.63, 3.8) is 0 Å². The minimum atomic E-state index is -3.77. The van der Waals surface area contributed by atoms with Gasteiger partial charge in [0.2, 0.25) is 0 Å². The summed E-state index contributed by atoms with van der Waals surface area (Å²) in [5.41, 5.74) is 2.23. The van der Waals surface area contributed by atoms with E-state index in [4.69, 9.17) is 5.11 Å². The van der Waals surface area contributed by atoms with Crippen molar-refractivity contribution in [2.45, 2.75) is 18.7 Å². The first-order valence-corrected chi connectivity index (χ1v) is 8.08. The van der Waals surface area contributed by atoms with E-state index in [1.165, 1.54) is 5.38 Å². The van der Waals surface area contributed by atoms with Crippen molar-refractivity contribution in [1.82, 2.24) is 0 Å². The summed E-state index contributed by atoms with van der Waals surface area (Å²) in [7, 11) is -3.77. The Kier molecular flexibility index (Phi) is 3.82. The fourth-order valence-corrected chi connectivity index (χ4v) is 3.85. The molecular weight excluding hydrogens is 298 g/mol. The first-order valence-electron chi connectivity index (χ1n) is 5.71. The number of carboxylic acids is 1. The lowest BCUT2D eigenvalue weighted by Crippen LogP contribution is -2.13. The molecule has 0 spiro atoms. The molecule has 2 N–H and O–H groups in total. The summed E-state index contributed by atoms with van der Waals surface area (Å²) in [5.74, 6) is -1.14. The number of sulfonamides is 1. The van der Waals surface area contributed by atoms with Crippen molar-refractivity contribution in [2.24, 2.45) is 0 Å². The second-order valence-electron chi connectivity index (χ2n) is 4.38. The van der Waals surface area contributed by atoms with Gasteiger partial charge in [-0.05, 0) is 37.1 Å². The molecule has 0 radical (unpaired) electrons. The van der Waals surface area contributed by atoms with Crippen LogP contribution in [0.15, 0.2) is 34.5 Å². The SMILES string of the molecule is Cc1ccc(C)c(NS(=O)(=O)c2csc(C(=O)O)c2)c1. The Morgan fingerprint density at radius 2 is 1.95 bits per heavy atom. The van der Waals surface area contributed by atoms with Gasteiger partial charge in [-0.15, -0.1) is 11.3 Å². The minimum absolute atomic E-state index is 0.00802. The third kappa shape index (κ3) is 3.00. The van der Waals surface area contributed by atoms with Gasteiger partial charge in [-0.25, -0.2) is 13.2 Å². The van der Waals surface area contributed by atoms with Gasteiger partial charge < -0.3 is 5.11 Å². The fraction of sp³-hybridized carbons (Fsp3) is 0.154. The first kappa shape index (κ1) is 14.5. The van der Waals surface area contributed by atoms with Crippen molar-refractivity contribution in [1.29, 1.82) is 0 Å². The summed E-state index contributed by atoms with van der Waals surface area (Å²) in [6, 6.07) is 6.60. The van der Waals surface area contributed by atoms with Crippen molar-refractivity contribution in [2.75, 3.05) is 4.72 Å². The van der Waals surface area contributed by atoms with E-state index in [0.717, 1.165) is 28.5 Å². The number of aromatic carboxylic acids is 1. The Morgan fingerprint density at radius 1 is 1.25 bits per heavy atom. The van der Waals surface area contributed by atoms with E-state index >= 15 is 0 Å². The van der Waals surface area contributed by atoms with Gasteiger partial charge in [-0.3, -0.25) is 4.72 Å². The Labute approximate surface area is 120 Å². The number of nitrogens with one attached hydrogen (secondary N) is 1. The van der Waals surface area contributed by atoms with Crippen LogP contribution >= 0.6 is 11.3 Å². The zero-order valence-corrected chi connectivity index (χ0v) is 12.5. The highest BCUT2D eigenvalue weighted by molar-refractivity contribution is 7.92. The van der Waals surface area contributed by atoms with Gasteiger partial charge in [-0.2, -0.15) is 0 Å². The predicted octanol–water partition coefficient (Wildman–Crippen LogP) is 2.86. The molecule has 0 aliphatic heterocycles. The third-order valence-electron chi connectivity index (χ3n) is 2.73. The van der Waals surface area contributed by atoms with Gasteiger partial charge >= 0.3 is 5.97 Å². The molecule has 0 bridgehead atoms. The molecule has 0 unspecified atom stereocenters. The average molecular weight is 311 g/mol. The van der Waals surface area contributed by atoms with E-state index in [1.54, 1.807) is 13.0 Å².